The van der Waals surface area contributed by atoms with Crippen molar-refractivity contribution in [1.82, 2.24) is 25.8 Å². The summed E-state index contributed by atoms with van der Waals surface area (Å²) in [5.74, 6) is 0.104. The van der Waals surface area contributed by atoms with Gasteiger partial charge >= 0.3 is 6.09 Å². The predicted octanol–water partition coefficient (Wildman–Crippen LogP) is 8.00. The van der Waals surface area contributed by atoms with Gasteiger partial charge in [0.2, 0.25) is 11.8 Å². The summed E-state index contributed by atoms with van der Waals surface area (Å²) in [5.41, 5.74) is 3.65. The highest BCUT2D eigenvalue weighted by Crippen LogP contribution is 2.42. The van der Waals surface area contributed by atoms with Crippen LogP contribution in [0.15, 0.2) is 66.9 Å². The van der Waals surface area contributed by atoms with Crippen LogP contribution in [0.5, 0.6) is 5.75 Å². The van der Waals surface area contributed by atoms with E-state index in [0.717, 1.165) is 12.0 Å². The minimum atomic E-state index is -0.704. The van der Waals surface area contributed by atoms with Gasteiger partial charge in [-0.05, 0) is 57.9 Å². The number of carbonyl (C=O) groups is 3. The second-order valence-electron chi connectivity index (χ2n) is 14.7. The molecular weight excluding hydrogens is 746 g/mol. The van der Waals surface area contributed by atoms with Crippen LogP contribution >= 0.6 is 23.2 Å². The average Bonchev–Trinajstić information content (AvgIpc) is 3.76. The molecule has 1 aromatic heterocycles. The molecule has 55 heavy (non-hydrogen) atoms. The van der Waals surface area contributed by atoms with E-state index in [-0.39, 0.29) is 42.7 Å². The molecule has 2 aliphatic heterocycles. The molecule has 4 aromatic rings. The summed E-state index contributed by atoms with van der Waals surface area (Å²) in [6, 6.07) is 17.7. The Morgan fingerprint density at radius 2 is 1.62 bits per heavy atom. The Morgan fingerprint density at radius 1 is 0.927 bits per heavy atom. The number of halogens is 3. The van der Waals surface area contributed by atoms with Crippen molar-refractivity contribution < 1.29 is 28.2 Å². The third-order valence-electron chi connectivity index (χ3n) is 9.42. The van der Waals surface area contributed by atoms with E-state index in [1.807, 2.05) is 30.3 Å². The van der Waals surface area contributed by atoms with Crippen LogP contribution in [0.1, 0.15) is 57.6 Å². The van der Waals surface area contributed by atoms with Gasteiger partial charge in [0.15, 0.2) is 5.82 Å². The molecule has 0 spiro atoms. The van der Waals surface area contributed by atoms with Crippen molar-refractivity contribution in [3.63, 3.8) is 0 Å². The number of nitrogens with zero attached hydrogens (tertiary/aromatic N) is 2. The highest BCUT2D eigenvalue weighted by atomic mass is 35.5. The topological polar surface area (TPSA) is 134 Å². The minimum absolute atomic E-state index is 0.0382. The number of pyridine rings is 1. The maximum atomic E-state index is 15.7. The molecule has 0 bridgehead atoms. The van der Waals surface area contributed by atoms with Gasteiger partial charge < -0.3 is 35.6 Å². The van der Waals surface area contributed by atoms with Crippen LogP contribution in [0.2, 0.25) is 10.0 Å². The first kappa shape index (κ1) is 39.8. The summed E-state index contributed by atoms with van der Waals surface area (Å²) in [6.45, 7) is 6.74. The summed E-state index contributed by atoms with van der Waals surface area (Å²) in [4.78, 5) is 42.9. The molecule has 0 aliphatic carbocycles. The van der Waals surface area contributed by atoms with Gasteiger partial charge in [-0.15, -0.1) is 0 Å². The summed E-state index contributed by atoms with van der Waals surface area (Å²) in [5, 5.41) is 12.9. The van der Waals surface area contributed by atoms with Crippen LogP contribution in [0.25, 0.3) is 22.4 Å². The van der Waals surface area contributed by atoms with Crippen LogP contribution in [0.4, 0.5) is 20.6 Å². The fraction of sp³-hybridized carbons (Fsp3) is 0.366. The Kier molecular flexibility index (Phi) is 12.5. The Bertz CT molecular complexity index is 2080. The van der Waals surface area contributed by atoms with Crippen molar-refractivity contribution in [2.45, 2.75) is 77.2 Å². The van der Waals surface area contributed by atoms with E-state index < -0.39 is 17.5 Å². The van der Waals surface area contributed by atoms with Crippen molar-refractivity contribution in [1.29, 1.82) is 0 Å². The number of ether oxygens (including phenoxy) is 2. The molecule has 11 nitrogen and oxygen atoms in total. The van der Waals surface area contributed by atoms with E-state index in [1.165, 1.54) is 0 Å². The van der Waals surface area contributed by atoms with Gasteiger partial charge in [0.25, 0.3) is 0 Å². The first-order chi connectivity index (χ1) is 26.3. The fourth-order valence-electron chi connectivity index (χ4n) is 6.70. The predicted molar refractivity (Wildman–Crippen MR) is 212 cm³/mol. The number of anilines is 2. The van der Waals surface area contributed by atoms with Crippen LogP contribution in [0, 0.1) is 5.82 Å². The lowest BCUT2D eigenvalue weighted by molar-refractivity contribution is -0.120. The summed E-state index contributed by atoms with van der Waals surface area (Å²) >= 11 is 14.0. The number of nitrogens with one attached hydrogen (secondary N) is 4. The molecule has 290 valence electrons. The largest absolute Gasteiger partial charge is 0.496 e. The van der Waals surface area contributed by atoms with Crippen molar-refractivity contribution in [3.05, 3.63) is 93.8 Å². The lowest BCUT2D eigenvalue weighted by atomic mass is 10.0. The molecule has 2 fully saturated rings. The smallest absolute Gasteiger partial charge is 0.410 e. The zero-order valence-corrected chi connectivity index (χ0v) is 32.7. The molecule has 6 rings (SSSR count). The van der Waals surface area contributed by atoms with Gasteiger partial charge in [-0.2, -0.15) is 0 Å². The summed E-state index contributed by atoms with van der Waals surface area (Å²) in [6.07, 6.45) is 3.46. The third kappa shape index (κ3) is 9.86. The van der Waals surface area contributed by atoms with Gasteiger partial charge in [-0.25, -0.2) is 9.18 Å². The molecule has 2 atom stereocenters. The van der Waals surface area contributed by atoms with Gasteiger partial charge in [-0.1, -0.05) is 59.6 Å². The highest BCUT2D eigenvalue weighted by Gasteiger charge is 2.29. The van der Waals surface area contributed by atoms with E-state index in [0.29, 0.717) is 81.8 Å². The monoisotopic (exact) mass is 790 g/mol. The zero-order chi connectivity index (χ0) is 39.3. The second kappa shape index (κ2) is 17.3. The van der Waals surface area contributed by atoms with Crippen LogP contribution < -0.4 is 26.0 Å². The Labute approximate surface area is 330 Å². The molecule has 0 saturated carbocycles. The molecule has 3 aromatic carbocycles. The maximum Gasteiger partial charge on any atom is 0.410 e. The SMILES string of the molecule is COc1cc(-c2nccc(-c3cccc(Nc4cccc(CNC[C@@H]5CCC(=O)N5)c4F)c3Cl)c2Cl)ccc1CN(C[C@@H]1CCC(=O)N1)C(=O)OC(C)(C)C. The molecule has 14 heteroatoms. The van der Waals surface area contributed by atoms with Crippen LogP contribution in [0.3, 0.4) is 0 Å². The second-order valence-corrected chi connectivity index (χ2v) is 15.5. The molecule has 0 unspecified atom stereocenters. The number of hydrogen-bond donors (Lipinski definition) is 4. The first-order valence-electron chi connectivity index (χ1n) is 18.2. The Balaban J connectivity index is 1.21. The third-order valence-corrected chi connectivity index (χ3v) is 10.2. The molecule has 2 aliphatic rings. The van der Waals surface area contributed by atoms with E-state index >= 15 is 4.39 Å². The number of amides is 3. The fourth-order valence-corrected chi connectivity index (χ4v) is 7.30. The average molecular weight is 792 g/mol. The number of carbonyl (C=O) groups excluding carboxylic acids is 3. The van der Waals surface area contributed by atoms with Crippen molar-refractivity contribution in [3.8, 4) is 28.1 Å². The maximum absolute atomic E-state index is 15.7. The number of rotatable bonds is 13. The highest BCUT2D eigenvalue weighted by molar-refractivity contribution is 6.39. The van der Waals surface area contributed by atoms with Gasteiger partial charge in [0.1, 0.15) is 11.4 Å². The standard InChI is InChI=1S/C41H45Cl2FN6O5/c1-41(2,3)55-40(53)50(23-28-14-16-35(52)48-28)22-26-12-11-24(19-33(26)54-4)39-37(43)30(17-18-46-39)29-8-6-9-31(36(29)42)49-32-10-5-7-25(38(32)44)20-45-21-27-13-15-34(51)47-27/h5-12,17-19,27-28,45,49H,13-16,20-23H2,1-4H3,(H,47,51)(H,48,52)/t27-,28-/m0/s1. The van der Waals surface area contributed by atoms with Gasteiger partial charge in [0.05, 0.1) is 40.8 Å². The first-order valence-corrected chi connectivity index (χ1v) is 19.0. The number of benzene rings is 3. The number of aromatic nitrogens is 1. The molecule has 0 radical (unpaired) electrons. The van der Waals surface area contributed by atoms with E-state index in [1.54, 1.807) is 69.3 Å². The molecule has 4 N–H and O–H groups in total. The Hall–Kier alpha value is -4.91. The molecule has 2 saturated heterocycles. The summed E-state index contributed by atoms with van der Waals surface area (Å²) in [7, 11) is 1.55. The normalized spacial score (nSPS) is 16.8. The van der Waals surface area contributed by atoms with Crippen molar-refractivity contribution >= 4 is 52.5 Å². The van der Waals surface area contributed by atoms with Crippen LogP contribution in [-0.2, 0) is 27.4 Å². The number of hydrogen-bond acceptors (Lipinski definition) is 8. The quantitative estimate of drug-likeness (QED) is 0.107. The van der Waals surface area contributed by atoms with Gasteiger partial charge in [-0.3, -0.25) is 14.6 Å². The zero-order valence-electron chi connectivity index (χ0n) is 31.2. The van der Waals surface area contributed by atoms with E-state index in [2.05, 4.69) is 26.3 Å². The van der Waals surface area contributed by atoms with E-state index in [9.17, 15) is 14.4 Å². The van der Waals surface area contributed by atoms with Crippen LogP contribution in [-0.4, -0.2) is 65.7 Å². The molecule has 3 amide bonds. The summed E-state index contributed by atoms with van der Waals surface area (Å²) < 4.78 is 27.1. The lowest BCUT2D eigenvalue weighted by Gasteiger charge is -2.29. The van der Waals surface area contributed by atoms with Gasteiger partial charge in [0, 0.05) is 78.6 Å². The van der Waals surface area contributed by atoms with Crippen molar-refractivity contribution in [2.75, 3.05) is 25.5 Å². The lowest BCUT2D eigenvalue weighted by Crippen LogP contribution is -2.43. The molecular formula is C41H45Cl2FN6O5. The van der Waals surface area contributed by atoms with E-state index in [4.69, 9.17) is 32.7 Å². The minimum Gasteiger partial charge on any atom is -0.496 e. The number of methoxy groups -OCH3 is 1. The van der Waals surface area contributed by atoms with Crippen molar-refractivity contribution in [2.24, 2.45) is 0 Å². The molecule has 3 heterocycles. The Morgan fingerprint density at radius 3 is 2.31 bits per heavy atom.